The van der Waals surface area contributed by atoms with Crippen LogP contribution in [0.4, 0.5) is 0 Å². The molecule has 1 unspecified atom stereocenters. The number of hydrogen-bond donors (Lipinski definition) is 2. The van der Waals surface area contributed by atoms with E-state index in [4.69, 9.17) is 5.73 Å². The lowest BCUT2D eigenvalue weighted by Gasteiger charge is -2.18. The molecular weight excluding hydrogens is 260 g/mol. The zero-order valence-electron chi connectivity index (χ0n) is 11.9. The van der Waals surface area contributed by atoms with Gasteiger partial charge in [0, 0.05) is 12.6 Å². The Labute approximate surface area is 116 Å². The third-order valence-electron chi connectivity index (χ3n) is 3.12. The lowest BCUT2D eigenvalue weighted by atomic mass is 9.97. The molecule has 0 fully saturated rings. The van der Waals surface area contributed by atoms with Crippen molar-refractivity contribution in [3.05, 3.63) is 29.8 Å². The van der Waals surface area contributed by atoms with Crippen molar-refractivity contribution in [3.8, 4) is 0 Å². The maximum atomic E-state index is 12.2. The number of hydrogen-bond acceptors (Lipinski definition) is 3. The number of rotatable bonds is 7. The molecule has 3 N–H and O–H groups in total. The summed E-state index contributed by atoms with van der Waals surface area (Å²) < 4.78 is 27.0. The Morgan fingerprint density at radius 3 is 2.47 bits per heavy atom. The predicted octanol–water partition coefficient (Wildman–Crippen LogP) is 1.90. The largest absolute Gasteiger partial charge is 0.327 e. The van der Waals surface area contributed by atoms with E-state index >= 15 is 0 Å². The zero-order chi connectivity index (χ0) is 14.5. The lowest BCUT2D eigenvalue weighted by molar-refractivity contribution is 0.487. The van der Waals surface area contributed by atoms with E-state index in [1.807, 2.05) is 32.9 Å². The molecule has 1 aromatic carbocycles. The molecule has 0 aromatic heterocycles. The first-order valence-corrected chi connectivity index (χ1v) is 8.20. The van der Waals surface area contributed by atoms with E-state index in [9.17, 15) is 8.42 Å². The summed E-state index contributed by atoms with van der Waals surface area (Å²) in [6, 6.07) is 7.03. The van der Waals surface area contributed by atoms with Crippen LogP contribution in [0.1, 0.15) is 32.8 Å². The first kappa shape index (κ1) is 16.1. The van der Waals surface area contributed by atoms with Gasteiger partial charge < -0.3 is 5.73 Å². The molecule has 0 aliphatic carbocycles. The van der Waals surface area contributed by atoms with Gasteiger partial charge in [0.2, 0.25) is 10.0 Å². The van der Waals surface area contributed by atoms with Gasteiger partial charge in [0.15, 0.2) is 0 Å². The predicted molar refractivity (Wildman–Crippen MR) is 78.4 cm³/mol. The van der Waals surface area contributed by atoms with Crippen molar-refractivity contribution in [2.24, 2.45) is 11.7 Å². The second-order valence-electron chi connectivity index (χ2n) is 5.12. The highest BCUT2D eigenvalue weighted by molar-refractivity contribution is 7.89. The highest BCUT2D eigenvalue weighted by Gasteiger charge is 2.19. The van der Waals surface area contributed by atoms with Crippen molar-refractivity contribution in [2.75, 3.05) is 6.54 Å². The fourth-order valence-corrected chi connectivity index (χ4v) is 3.12. The summed E-state index contributed by atoms with van der Waals surface area (Å²) in [5.74, 6) is 0.319. The van der Waals surface area contributed by atoms with Gasteiger partial charge in [-0.25, -0.2) is 13.1 Å². The Morgan fingerprint density at radius 1 is 1.26 bits per heavy atom. The van der Waals surface area contributed by atoms with E-state index in [0.717, 1.165) is 12.0 Å². The highest BCUT2D eigenvalue weighted by atomic mass is 32.2. The highest BCUT2D eigenvalue weighted by Crippen LogP contribution is 2.18. The first-order chi connectivity index (χ1) is 8.88. The van der Waals surface area contributed by atoms with Gasteiger partial charge in [0.1, 0.15) is 0 Å². The minimum absolute atomic E-state index is 0.0393. The van der Waals surface area contributed by atoms with Crippen LogP contribution >= 0.6 is 0 Å². The summed E-state index contributed by atoms with van der Waals surface area (Å²) in [4.78, 5) is 0.347. The van der Waals surface area contributed by atoms with Gasteiger partial charge in [-0.15, -0.1) is 0 Å². The van der Waals surface area contributed by atoms with Crippen molar-refractivity contribution in [3.63, 3.8) is 0 Å². The monoisotopic (exact) mass is 284 g/mol. The van der Waals surface area contributed by atoms with Crippen LogP contribution in [0.15, 0.2) is 29.2 Å². The van der Waals surface area contributed by atoms with E-state index in [-0.39, 0.29) is 6.04 Å². The molecular formula is C14H24N2O2S. The van der Waals surface area contributed by atoms with E-state index in [2.05, 4.69) is 4.72 Å². The SMILES string of the molecule is CCCNS(=O)(=O)c1ccccc1CC(N)C(C)C. The Kier molecular flexibility index (Phi) is 5.97. The fraction of sp³-hybridized carbons (Fsp3) is 0.571. The fourth-order valence-electron chi connectivity index (χ4n) is 1.74. The molecule has 0 radical (unpaired) electrons. The van der Waals surface area contributed by atoms with Crippen LogP contribution in [-0.2, 0) is 16.4 Å². The number of sulfonamides is 1. The van der Waals surface area contributed by atoms with E-state index < -0.39 is 10.0 Å². The van der Waals surface area contributed by atoms with Crippen molar-refractivity contribution < 1.29 is 8.42 Å². The summed E-state index contributed by atoms with van der Waals surface area (Å²) in [5.41, 5.74) is 6.83. The summed E-state index contributed by atoms with van der Waals surface area (Å²) in [6.45, 7) is 6.46. The molecule has 108 valence electrons. The molecule has 0 bridgehead atoms. The van der Waals surface area contributed by atoms with Crippen LogP contribution in [0, 0.1) is 5.92 Å². The van der Waals surface area contributed by atoms with Gasteiger partial charge in [-0.1, -0.05) is 39.0 Å². The molecule has 0 amide bonds. The first-order valence-electron chi connectivity index (χ1n) is 6.71. The summed E-state index contributed by atoms with van der Waals surface area (Å²) in [6.07, 6.45) is 1.34. The lowest BCUT2D eigenvalue weighted by Crippen LogP contribution is -2.31. The molecule has 1 rings (SSSR count). The van der Waals surface area contributed by atoms with Crippen LogP contribution < -0.4 is 10.5 Å². The maximum absolute atomic E-state index is 12.2. The molecule has 0 heterocycles. The number of nitrogens with one attached hydrogen (secondary N) is 1. The van der Waals surface area contributed by atoms with Gasteiger partial charge in [-0.2, -0.15) is 0 Å². The summed E-state index contributed by atoms with van der Waals surface area (Å²) in [7, 11) is -3.43. The normalized spacial score (nSPS) is 13.7. The molecule has 19 heavy (non-hydrogen) atoms. The van der Waals surface area contributed by atoms with Crippen molar-refractivity contribution in [2.45, 2.75) is 44.6 Å². The van der Waals surface area contributed by atoms with E-state index in [1.165, 1.54) is 0 Å². The Balaban J connectivity index is 3.02. The van der Waals surface area contributed by atoms with Crippen LogP contribution in [0.3, 0.4) is 0 Å². The molecule has 1 aromatic rings. The molecule has 1 atom stereocenters. The summed E-state index contributed by atoms with van der Waals surface area (Å²) in [5, 5.41) is 0. The maximum Gasteiger partial charge on any atom is 0.240 e. The van der Waals surface area contributed by atoms with Crippen LogP contribution in [0.25, 0.3) is 0 Å². The Bertz CT molecular complexity index is 498. The second kappa shape index (κ2) is 7.03. The number of benzene rings is 1. The third-order valence-corrected chi connectivity index (χ3v) is 4.68. The summed E-state index contributed by atoms with van der Waals surface area (Å²) >= 11 is 0. The quantitative estimate of drug-likeness (QED) is 0.803. The number of nitrogens with two attached hydrogens (primary N) is 1. The molecule has 4 nitrogen and oxygen atoms in total. The smallest absolute Gasteiger partial charge is 0.240 e. The van der Waals surface area contributed by atoms with Crippen molar-refractivity contribution >= 4 is 10.0 Å². The Hall–Kier alpha value is -0.910. The minimum Gasteiger partial charge on any atom is -0.327 e. The molecule has 0 spiro atoms. The topological polar surface area (TPSA) is 72.2 Å². The average molecular weight is 284 g/mol. The molecule has 0 aliphatic rings. The molecule has 0 saturated carbocycles. The molecule has 5 heteroatoms. The van der Waals surface area contributed by atoms with Gasteiger partial charge in [-0.05, 0) is 30.4 Å². The van der Waals surface area contributed by atoms with E-state index in [0.29, 0.717) is 23.8 Å². The van der Waals surface area contributed by atoms with Crippen LogP contribution in [-0.4, -0.2) is 21.0 Å². The van der Waals surface area contributed by atoms with Gasteiger partial charge in [0.05, 0.1) is 4.90 Å². The Morgan fingerprint density at radius 2 is 1.89 bits per heavy atom. The molecule has 0 saturated heterocycles. The van der Waals surface area contributed by atoms with Gasteiger partial charge >= 0.3 is 0 Å². The van der Waals surface area contributed by atoms with Crippen molar-refractivity contribution in [1.82, 2.24) is 4.72 Å². The average Bonchev–Trinajstić information content (AvgIpc) is 2.36. The van der Waals surface area contributed by atoms with Crippen molar-refractivity contribution in [1.29, 1.82) is 0 Å². The van der Waals surface area contributed by atoms with Crippen LogP contribution in [0.5, 0.6) is 0 Å². The van der Waals surface area contributed by atoms with Gasteiger partial charge in [0.25, 0.3) is 0 Å². The minimum atomic E-state index is -3.43. The van der Waals surface area contributed by atoms with Gasteiger partial charge in [-0.3, -0.25) is 0 Å². The van der Waals surface area contributed by atoms with E-state index in [1.54, 1.807) is 12.1 Å². The zero-order valence-corrected chi connectivity index (χ0v) is 12.7. The second-order valence-corrected chi connectivity index (χ2v) is 6.85. The van der Waals surface area contributed by atoms with Crippen LogP contribution in [0.2, 0.25) is 0 Å². The third kappa shape index (κ3) is 4.60. The standard InChI is InChI=1S/C14H24N2O2S/c1-4-9-16-19(17,18)14-8-6-5-7-12(14)10-13(15)11(2)3/h5-8,11,13,16H,4,9-10,15H2,1-3H3. The molecule has 0 aliphatic heterocycles.